The van der Waals surface area contributed by atoms with E-state index in [1.807, 2.05) is 6.20 Å². The van der Waals surface area contributed by atoms with E-state index in [4.69, 9.17) is 4.74 Å². The number of aryl methyl sites for hydroxylation is 1. The van der Waals surface area contributed by atoms with E-state index in [0.717, 1.165) is 36.2 Å². The number of H-pyrrole nitrogens is 1. The lowest BCUT2D eigenvalue weighted by molar-refractivity contribution is -0.147. The molecule has 0 amide bonds. The van der Waals surface area contributed by atoms with E-state index in [-0.39, 0.29) is 11.3 Å². The molecule has 1 atom stereocenters. The zero-order valence-electron chi connectivity index (χ0n) is 15.1. The molecular formula is C20H25N3O3. The van der Waals surface area contributed by atoms with E-state index in [1.54, 1.807) is 0 Å². The van der Waals surface area contributed by atoms with Crippen LogP contribution >= 0.6 is 0 Å². The molecule has 2 N–H and O–H groups in total. The molecule has 0 bridgehead atoms. The summed E-state index contributed by atoms with van der Waals surface area (Å²) in [5.41, 5.74) is 4.31. The van der Waals surface area contributed by atoms with Crippen molar-refractivity contribution in [3.05, 3.63) is 41.6 Å². The van der Waals surface area contributed by atoms with Crippen molar-refractivity contribution in [3.8, 4) is 11.3 Å². The second-order valence-electron chi connectivity index (χ2n) is 7.67. The molecule has 2 fully saturated rings. The van der Waals surface area contributed by atoms with Crippen molar-refractivity contribution in [2.75, 3.05) is 26.3 Å². The van der Waals surface area contributed by atoms with Crippen LogP contribution in [0.2, 0.25) is 0 Å². The molecule has 2 saturated heterocycles. The van der Waals surface area contributed by atoms with Gasteiger partial charge >= 0.3 is 5.97 Å². The fraction of sp³-hybridized carbons (Fsp3) is 0.500. The number of nitrogens with one attached hydrogen (secondary N) is 1. The summed E-state index contributed by atoms with van der Waals surface area (Å²) in [7, 11) is 0. The van der Waals surface area contributed by atoms with E-state index >= 15 is 0 Å². The van der Waals surface area contributed by atoms with Crippen LogP contribution in [0.5, 0.6) is 0 Å². The second-order valence-corrected chi connectivity index (χ2v) is 7.67. The fourth-order valence-electron chi connectivity index (χ4n) is 4.46. The van der Waals surface area contributed by atoms with E-state index in [0.29, 0.717) is 26.3 Å². The first kappa shape index (κ1) is 17.2. The van der Waals surface area contributed by atoms with Crippen LogP contribution in [0.1, 0.15) is 24.0 Å². The van der Waals surface area contributed by atoms with Crippen LogP contribution in [-0.2, 0) is 16.1 Å². The number of aromatic nitrogens is 2. The number of ether oxygens (including phenoxy) is 1. The Balaban J connectivity index is 1.54. The Bertz CT molecular complexity index is 778. The molecule has 1 spiro atoms. The summed E-state index contributed by atoms with van der Waals surface area (Å²) in [5, 5.41) is 17.1. The third kappa shape index (κ3) is 3.15. The molecule has 0 radical (unpaired) electrons. The number of hydrogen-bond donors (Lipinski definition) is 2. The Morgan fingerprint density at radius 3 is 2.77 bits per heavy atom. The molecule has 1 aromatic carbocycles. The molecule has 6 nitrogen and oxygen atoms in total. The maximum Gasteiger partial charge on any atom is 0.308 e. The molecule has 0 saturated carbocycles. The van der Waals surface area contributed by atoms with E-state index in [2.05, 4.69) is 46.3 Å². The summed E-state index contributed by atoms with van der Waals surface area (Å²) in [6.45, 7) is 5.52. The number of benzene rings is 1. The molecule has 2 aromatic rings. The lowest BCUT2D eigenvalue weighted by Crippen LogP contribution is -2.40. The molecule has 26 heavy (non-hydrogen) atoms. The van der Waals surface area contributed by atoms with Crippen LogP contribution in [0, 0.1) is 18.3 Å². The van der Waals surface area contributed by atoms with E-state index < -0.39 is 5.97 Å². The Morgan fingerprint density at radius 1 is 1.35 bits per heavy atom. The monoisotopic (exact) mass is 355 g/mol. The number of carbonyl (C=O) groups is 1. The van der Waals surface area contributed by atoms with Gasteiger partial charge in [0.05, 0.1) is 17.8 Å². The van der Waals surface area contributed by atoms with Crippen molar-refractivity contribution in [1.29, 1.82) is 0 Å². The first-order valence-electron chi connectivity index (χ1n) is 9.20. The highest BCUT2D eigenvalue weighted by Gasteiger charge is 2.50. The number of aliphatic carboxylic acids is 1. The zero-order chi connectivity index (χ0) is 18.1. The number of rotatable bonds is 4. The number of carboxylic acids is 1. The van der Waals surface area contributed by atoms with Gasteiger partial charge in [-0.05, 0) is 25.3 Å². The fourth-order valence-corrected chi connectivity index (χ4v) is 4.46. The first-order chi connectivity index (χ1) is 12.6. The Morgan fingerprint density at radius 2 is 2.08 bits per heavy atom. The molecule has 0 aliphatic carbocycles. The minimum atomic E-state index is -0.680. The van der Waals surface area contributed by atoms with Gasteiger partial charge in [-0.3, -0.25) is 14.8 Å². The molecule has 2 aliphatic heterocycles. The van der Waals surface area contributed by atoms with Gasteiger partial charge in [0.25, 0.3) is 0 Å². The lowest BCUT2D eigenvalue weighted by Gasteiger charge is -2.36. The summed E-state index contributed by atoms with van der Waals surface area (Å²) in [4.78, 5) is 14.1. The SMILES string of the molecule is Cc1ccc(-c2[nH]ncc2CN2CC(C(=O)O)C3(CCOCC3)C2)cc1. The van der Waals surface area contributed by atoms with Gasteiger partial charge in [-0.2, -0.15) is 5.10 Å². The third-order valence-electron chi connectivity index (χ3n) is 5.96. The van der Waals surface area contributed by atoms with Crippen molar-refractivity contribution in [1.82, 2.24) is 15.1 Å². The van der Waals surface area contributed by atoms with Crippen molar-refractivity contribution in [2.24, 2.45) is 11.3 Å². The largest absolute Gasteiger partial charge is 0.481 e. The third-order valence-corrected chi connectivity index (χ3v) is 5.96. The quantitative estimate of drug-likeness (QED) is 0.882. The minimum Gasteiger partial charge on any atom is -0.481 e. The molecule has 1 unspecified atom stereocenters. The topological polar surface area (TPSA) is 78.5 Å². The van der Waals surface area contributed by atoms with Crippen molar-refractivity contribution in [2.45, 2.75) is 26.3 Å². The number of likely N-dealkylation sites (tertiary alicyclic amines) is 1. The van der Waals surface area contributed by atoms with Gasteiger partial charge in [-0.25, -0.2) is 0 Å². The highest BCUT2D eigenvalue weighted by molar-refractivity contribution is 5.72. The molecule has 2 aliphatic rings. The van der Waals surface area contributed by atoms with Gasteiger partial charge in [-0.1, -0.05) is 29.8 Å². The molecule has 3 heterocycles. The number of carboxylic acid groups (broad SMARTS) is 1. The summed E-state index contributed by atoms with van der Waals surface area (Å²) in [6.07, 6.45) is 3.52. The standard InChI is InChI=1S/C20H25N3O3/c1-14-2-4-15(5-3-14)18-16(10-21-22-18)11-23-12-17(19(24)25)20(13-23)6-8-26-9-7-20/h2-5,10,17H,6-9,11-13H2,1H3,(H,21,22)(H,24,25). The van der Waals surface area contributed by atoms with Gasteiger partial charge < -0.3 is 9.84 Å². The van der Waals surface area contributed by atoms with Crippen LogP contribution in [0.15, 0.2) is 30.5 Å². The Labute approximate surface area is 153 Å². The normalized spacial score (nSPS) is 22.7. The van der Waals surface area contributed by atoms with Gasteiger partial charge in [0.15, 0.2) is 0 Å². The number of hydrogen-bond acceptors (Lipinski definition) is 4. The molecule has 6 heteroatoms. The maximum atomic E-state index is 11.9. The predicted molar refractivity (Wildman–Crippen MR) is 97.6 cm³/mol. The predicted octanol–water partition coefficient (Wildman–Crippen LogP) is 2.70. The van der Waals surface area contributed by atoms with E-state index in [1.165, 1.54) is 5.56 Å². The van der Waals surface area contributed by atoms with Crippen molar-refractivity contribution in [3.63, 3.8) is 0 Å². The lowest BCUT2D eigenvalue weighted by atomic mass is 9.72. The van der Waals surface area contributed by atoms with Crippen LogP contribution in [0.3, 0.4) is 0 Å². The number of nitrogens with zero attached hydrogens (tertiary/aromatic N) is 2. The van der Waals surface area contributed by atoms with Crippen LogP contribution in [0.25, 0.3) is 11.3 Å². The average Bonchev–Trinajstić information content (AvgIpc) is 3.22. The molecule has 1 aromatic heterocycles. The minimum absolute atomic E-state index is 0.155. The van der Waals surface area contributed by atoms with Gasteiger partial charge in [0.2, 0.25) is 0 Å². The summed E-state index contributed by atoms with van der Waals surface area (Å²) in [5.74, 6) is -0.999. The summed E-state index contributed by atoms with van der Waals surface area (Å²) < 4.78 is 5.49. The summed E-state index contributed by atoms with van der Waals surface area (Å²) >= 11 is 0. The first-order valence-corrected chi connectivity index (χ1v) is 9.20. The van der Waals surface area contributed by atoms with Crippen LogP contribution in [-0.4, -0.2) is 52.5 Å². The zero-order valence-corrected chi connectivity index (χ0v) is 15.1. The molecule has 4 rings (SSSR count). The van der Waals surface area contributed by atoms with E-state index in [9.17, 15) is 9.90 Å². The maximum absolute atomic E-state index is 11.9. The highest BCUT2D eigenvalue weighted by Crippen LogP contribution is 2.45. The summed E-state index contributed by atoms with van der Waals surface area (Å²) in [6, 6.07) is 8.37. The van der Waals surface area contributed by atoms with Crippen LogP contribution in [0.4, 0.5) is 0 Å². The Hall–Kier alpha value is -2.18. The van der Waals surface area contributed by atoms with Crippen molar-refractivity contribution < 1.29 is 14.6 Å². The molecular weight excluding hydrogens is 330 g/mol. The second kappa shape index (κ2) is 6.85. The molecule has 138 valence electrons. The van der Waals surface area contributed by atoms with Crippen molar-refractivity contribution >= 4 is 5.97 Å². The van der Waals surface area contributed by atoms with Gasteiger partial charge in [-0.15, -0.1) is 0 Å². The van der Waals surface area contributed by atoms with Gasteiger partial charge in [0.1, 0.15) is 0 Å². The Kier molecular flexibility index (Phi) is 4.54. The van der Waals surface area contributed by atoms with Crippen LogP contribution < -0.4 is 0 Å². The highest BCUT2D eigenvalue weighted by atomic mass is 16.5. The smallest absolute Gasteiger partial charge is 0.308 e. The van der Waals surface area contributed by atoms with Gasteiger partial charge in [0, 0.05) is 43.8 Å². The number of aromatic amines is 1. The average molecular weight is 355 g/mol.